The number of halogens is 1. The minimum atomic E-state index is -0.508. The van der Waals surface area contributed by atoms with Crippen LogP contribution in [0.4, 0.5) is 4.39 Å². The van der Waals surface area contributed by atoms with Crippen LogP contribution < -0.4 is 10.9 Å². The summed E-state index contributed by atoms with van der Waals surface area (Å²) in [4.78, 5) is 25.6. The first-order chi connectivity index (χ1) is 16.5. The molecule has 0 spiro atoms. The van der Waals surface area contributed by atoms with E-state index >= 15 is 0 Å². The van der Waals surface area contributed by atoms with E-state index in [1.54, 1.807) is 11.3 Å². The number of rotatable bonds is 7. The van der Waals surface area contributed by atoms with Crippen molar-refractivity contribution in [3.63, 3.8) is 0 Å². The molecule has 3 aromatic rings. The lowest BCUT2D eigenvalue weighted by molar-refractivity contribution is -0.119. The van der Waals surface area contributed by atoms with Crippen molar-refractivity contribution in [3.8, 4) is 10.7 Å². The maximum atomic E-state index is 13.0. The van der Waals surface area contributed by atoms with Gasteiger partial charge in [-0.1, -0.05) is 24.2 Å². The lowest BCUT2D eigenvalue weighted by Gasteiger charge is -2.30. The van der Waals surface area contributed by atoms with Crippen molar-refractivity contribution in [2.24, 2.45) is 17.8 Å². The van der Waals surface area contributed by atoms with E-state index in [1.807, 2.05) is 17.5 Å². The van der Waals surface area contributed by atoms with Crippen molar-refractivity contribution < 1.29 is 14.0 Å². The number of benzene rings is 1. The normalized spacial score (nSPS) is 22.0. The third-order valence-electron chi connectivity index (χ3n) is 6.98. The zero-order valence-electron chi connectivity index (χ0n) is 18.7. The summed E-state index contributed by atoms with van der Waals surface area (Å²) in [5.41, 5.74) is 5.04. The number of thiophene rings is 1. The zero-order chi connectivity index (χ0) is 23.7. The second kappa shape index (κ2) is 9.87. The molecule has 0 aliphatic heterocycles. The zero-order valence-corrected chi connectivity index (χ0v) is 20.4. The number of aromatic nitrogens is 3. The number of thioether (sulfide) groups is 1. The average Bonchev–Trinajstić information content (AvgIpc) is 3.65. The molecule has 34 heavy (non-hydrogen) atoms. The summed E-state index contributed by atoms with van der Waals surface area (Å²) in [5.74, 6) is 1.81. The molecule has 0 saturated heterocycles. The van der Waals surface area contributed by atoms with Crippen molar-refractivity contribution in [2.75, 3.05) is 5.75 Å². The van der Waals surface area contributed by atoms with Gasteiger partial charge in [0.15, 0.2) is 11.0 Å². The van der Waals surface area contributed by atoms with E-state index < -0.39 is 11.7 Å². The van der Waals surface area contributed by atoms with E-state index in [0.29, 0.717) is 11.1 Å². The van der Waals surface area contributed by atoms with Crippen molar-refractivity contribution in [1.82, 2.24) is 25.6 Å². The first kappa shape index (κ1) is 23.0. The number of fused-ring (bicyclic) bond motifs is 2. The molecule has 7 nitrogen and oxygen atoms in total. The summed E-state index contributed by atoms with van der Waals surface area (Å²) in [6.45, 7) is 2.25. The van der Waals surface area contributed by atoms with Crippen LogP contribution in [-0.2, 0) is 4.79 Å². The lowest BCUT2D eigenvalue weighted by atomic mass is 9.84. The molecule has 2 fully saturated rings. The van der Waals surface area contributed by atoms with E-state index in [0.717, 1.165) is 22.5 Å². The van der Waals surface area contributed by atoms with Gasteiger partial charge >= 0.3 is 0 Å². The van der Waals surface area contributed by atoms with Crippen LogP contribution in [0.2, 0.25) is 0 Å². The highest BCUT2D eigenvalue weighted by molar-refractivity contribution is 7.99. The van der Waals surface area contributed by atoms with Crippen LogP contribution in [-0.4, -0.2) is 32.3 Å². The molecule has 4 atom stereocenters. The fraction of sp³-hybridized carbons (Fsp3) is 0.417. The number of hydrogen-bond donors (Lipinski definition) is 2. The summed E-state index contributed by atoms with van der Waals surface area (Å²) in [5, 5.41) is 11.6. The largest absolute Gasteiger partial charge is 0.298 e. The highest BCUT2D eigenvalue weighted by atomic mass is 32.2. The van der Waals surface area contributed by atoms with Gasteiger partial charge in [-0.05, 0) is 79.7 Å². The predicted octanol–water partition coefficient (Wildman–Crippen LogP) is 4.70. The molecule has 2 aliphatic carbocycles. The Bertz CT molecular complexity index is 1160. The van der Waals surface area contributed by atoms with Gasteiger partial charge in [0.1, 0.15) is 5.82 Å². The van der Waals surface area contributed by atoms with Crippen LogP contribution >= 0.6 is 23.1 Å². The van der Waals surface area contributed by atoms with Crippen LogP contribution in [0.3, 0.4) is 0 Å². The molecule has 2 aromatic heterocycles. The number of amides is 2. The summed E-state index contributed by atoms with van der Waals surface area (Å²) in [6, 6.07) is 9.40. The topological polar surface area (TPSA) is 88.9 Å². The van der Waals surface area contributed by atoms with Crippen LogP contribution in [0.5, 0.6) is 0 Å². The SMILES string of the molecule is CC(C1CC2CCC1C2)n1c(SCC(=O)NNC(=O)c2ccc(F)cc2)nnc1-c1cccs1. The summed E-state index contributed by atoms with van der Waals surface area (Å²) < 4.78 is 15.2. The Kier molecular flexibility index (Phi) is 6.69. The molecule has 2 aliphatic rings. The molecule has 2 amide bonds. The van der Waals surface area contributed by atoms with Crippen molar-refractivity contribution in [1.29, 1.82) is 0 Å². The van der Waals surface area contributed by atoms with Crippen molar-refractivity contribution in [2.45, 2.75) is 43.8 Å². The first-order valence-corrected chi connectivity index (χ1v) is 13.3. The van der Waals surface area contributed by atoms with E-state index in [-0.39, 0.29) is 23.3 Å². The minimum Gasteiger partial charge on any atom is -0.298 e. The van der Waals surface area contributed by atoms with Crippen LogP contribution in [0.25, 0.3) is 10.7 Å². The van der Waals surface area contributed by atoms with Gasteiger partial charge in [-0.25, -0.2) is 4.39 Å². The summed E-state index contributed by atoms with van der Waals surface area (Å²) in [6.07, 6.45) is 5.21. The molecule has 2 bridgehead atoms. The highest BCUT2D eigenvalue weighted by Crippen LogP contribution is 2.53. The van der Waals surface area contributed by atoms with Gasteiger partial charge in [0.05, 0.1) is 10.6 Å². The number of carbonyl (C=O) groups excluding carboxylic acids is 2. The molecule has 178 valence electrons. The standard InChI is InChI=1S/C24H26FN5O2S2/c1-14(19-12-15-4-5-17(19)11-15)30-22(20-3-2-10-33-20)27-29-24(30)34-13-21(31)26-28-23(32)16-6-8-18(25)9-7-16/h2-3,6-10,14-15,17,19H,4-5,11-13H2,1H3,(H,26,31)(H,28,32). The minimum absolute atomic E-state index is 0.0791. The monoisotopic (exact) mass is 499 g/mol. The van der Waals surface area contributed by atoms with Crippen LogP contribution in [0.15, 0.2) is 46.9 Å². The molecule has 1 aromatic carbocycles. The molecule has 2 N–H and O–H groups in total. The average molecular weight is 500 g/mol. The number of hydrazine groups is 1. The summed E-state index contributed by atoms with van der Waals surface area (Å²) >= 11 is 2.94. The van der Waals surface area contributed by atoms with Crippen molar-refractivity contribution in [3.05, 3.63) is 53.2 Å². The quantitative estimate of drug-likeness (QED) is 0.364. The lowest BCUT2D eigenvalue weighted by Crippen LogP contribution is -2.42. The van der Waals surface area contributed by atoms with Gasteiger partial charge in [-0.15, -0.1) is 21.5 Å². The number of hydrogen-bond acceptors (Lipinski definition) is 6. The van der Waals surface area contributed by atoms with Crippen LogP contribution in [0, 0.1) is 23.6 Å². The molecule has 0 radical (unpaired) electrons. The Morgan fingerprint density at radius 3 is 2.68 bits per heavy atom. The Labute approximate surface area is 205 Å². The fourth-order valence-electron chi connectivity index (χ4n) is 5.36. The molecule has 2 saturated carbocycles. The van der Waals surface area contributed by atoms with Gasteiger partial charge in [0.2, 0.25) is 5.91 Å². The fourth-order valence-corrected chi connectivity index (χ4v) is 6.89. The number of nitrogens with zero attached hydrogens (tertiary/aromatic N) is 3. The maximum absolute atomic E-state index is 13.0. The van der Waals surface area contributed by atoms with Gasteiger partial charge in [-0.3, -0.25) is 25.0 Å². The van der Waals surface area contributed by atoms with E-state index in [2.05, 4.69) is 32.5 Å². The van der Waals surface area contributed by atoms with Gasteiger partial charge in [0, 0.05) is 11.6 Å². The third-order valence-corrected chi connectivity index (χ3v) is 8.79. The second-order valence-corrected chi connectivity index (χ2v) is 10.9. The molecule has 4 unspecified atom stereocenters. The van der Waals surface area contributed by atoms with E-state index in [1.165, 1.54) is 61.7 Å². The molecule has 5 rings (SSSR count). The van der Waals surface area contributed by atoms with E-state index in [9.17, 15) is 14.0 Å². The van der Waals surface area contributed by atoms with E-state index in [4.69, 9.17) is 0 Å². The van der Waals surface area contributed by atoms with Crippen LogP contribution in [0.1, 0.15) is 49.0 Å². The molecular weight excluding hydrogens is 473 g/mol. The van der Waals surface area contributed by atoms with Gasteiger partial charge in [0.25, 0.3) is 5.91 Å². The molecule has 10 heteroatoms. The Balaban J connectivity index is 1.25. The highest BCUT2D eigenvalue weighted by Gasteiger charge is 2.43. The second-order valence-electron chi connectivity index (χ2n) is 9.03. The molecule has 2 heterocycles. The smallest absolute Gasteiger partial charge is 0.269 e. The number of carbonyl (C=O) groups is 2. The van der Waals surface area contributed by atoms with Crippen molar-refractivity contribution >= 4 is 34.9 Å². The van der Waals surface area contributed by atoms with Gasteiger partial charge < -0.3 is 0 Å². The maximum Gasteiger partial charge on any atom is 0.269 e. The number of nitrogens with one attached hydrogen (secondary N) is 2. The Hall–Kier alpha value is -2.72. The third kappa shape index (κ3) is 4.74. The van der Waals surface area contributed by atoms with Gasteiger partial charge in [-0.2, -0.15) is 0 Å². The Morgan fingerprint density at radius 2 is 2.00 bits per heavy atom. The Morgan fingerprint density at radius 1 is 1.18 bits per heavy atom. The molecular formula is C24H26FN5O2S2. The predicted molar refractivity (Wildman–Crippen MR) is 130 cm³/mol. The summed E-state index contributed by atoms with van der Waals surface area (Å²) in [7, 11) is 0. The first-order valence-electron chi connectivity index (χ1n) is 11.5.